The number of imidazole rings is 1. The maximum Gasteiger partial charge on any atom is 0.303 e. The molecule has 2 N–H and O–H groups in total. The van der Waals surface area contributed by atoms with Crippen LogP contribution in [0.1, 0.15) is 30.8 Å². The van der Waals surface area contributed by atoms with Gasteiger partial charge in [0.1, 0.15) is 0 Å². The molecule has 20 heavy (non-hydrogen) atoms. The highest BCUT2D eigenvalue weighted by molar-refractivity contribution is 5.80. The molecule has 3 rings (SSSR count). The number of nitrogens with one attached hydrogen (secondary N) is 1. The zero-order valence-electron chi connectivity index (χ0n) is 11.2. The van der Waals surface area contributed by atoms with Crippen LogP contribution in [-0.2, 0) is 16.1 Å². The SMILES string of the molecule is CC(=O)OC1CCn2c1nc1cc([NH+]([O-])O)c(C)cc12. The van der Waals surface area contributed by atoms with Gasteiger partial charge in [0.25, 0.3) is 0 Å². The molecule has 1 aromatic carbocycles. The number of esters is 1. The molecule has 1 aromatic heterocycles. The molecule has 0 bridgehead atoms. The summed E-state index contributed by atoms with van der Waals surface area (Å²) in [6.07, 6.45) is 0.367. The highest BCUT2D eigenvalue weighted by Gasteiger charge is 2.29. The zero-order valence-corrected chi connectivity index (χ0v) is 11.2. The van der Waals surface area contributed by atoms with Crippen molar-refractivity contribution >= 4 is 22.7 Å². The molecule has 0 fully saturated rings. The number of carbonyl (C=O) groups is 1. The van der Waals surface area contributed by atoms with Crippen molar-refractivity contribution in [3.8, 4) is 0 Å². The minimum Gasteiger partial charge on any atom is -0.595 e. The van der Waals surface area contributed by atoms with Crippen molar-refractivity contribution in [1.82, 2.24) is 9.55 Å². The van der Waals surface area contributed by atoms with E-state index in [1.54, 1.807) is 13.0 Å². The second-order valence-corrected chi connectivity index (χ2v) is 4.97. The van der Waals surface area contributed by atoms with Crippen LogP contribution < -0.4 is 5.23 Å². The summed E-state index contributed by atoms with van der Waals surface area (Å²) in [7, 11) is 0. The molecular formula is C13H15N3O4. The molecule has 1 aliphatic heterocycles. The van der Waals surface area contributed by atoms with Crippen molar-refractivity contribution < 1.29 is 20.0 Å². The Hall–Kier alpha value is -1.96. The van der Waals surface area contributed by atoms with Crippen molar-refractivity contribution in [3.05, 3.63) is 28.7 Å². The second-order valence-electron chi connectivity index (χ2n) is 4.97. The third-order valence-corrected chi connectivity index (χ3v) is 3.57. The molecule has 7 nitrogen and oxygen atoms in total. The highest BCUT2D eigenvalue weighted by Crippen LogP contribution is 2.33. The number of aryl methyl sites for hydroxylation is 2. The van der Waals surface area contributed by atoms with Gasteiger partial charge in [-0.1, -0.05) is 0 Å². The van der Waals surface area contributed by atoms with Crippen LogP contribution in [0.25, 0.3) is 11.0 Å². The molecule has 0 aliphatic carbocycles. The van der Waals surface area contributed by atoms with Gasteiger partial charge in [0, 0.05) is 31.5 Å². The zero-order chi connectivity index (χ0) is 14.4. The van der Waals surface area contributed by atoms with E-state index in [-0.39, 0.29) is 17.8 Å². The summed E-state index contributed by atoms with van der Waals surface area (Å²) in [5.41, 5.74) is 2.46. The van der Waals surface area contributed by atoms with Gasteiger partial charge in [-0.15, -0.1) is 0 Å². The fraction of sp³-hybridized carbons (Fsp3) is 0.385. The number of hydrogen-bond donors (Lipinski definition) is 2. The number of quaternary nitrogens is 1. The van der Waals surface area contributed by atoms with Crippen molar-refractivity contribution in [1.29, 1.82) is 0 Å². The van der Waals surface area contributed by atoms with Gasteiger partial charge in [0.15, 0.2) is 17.6 Å². The summed E-state index contributed by atoms with van der Waals surface area (Å²) >= 11 is 0. The first-order valence-electron chi connectivity index (χ1n) is 6.38. The fourth-order valence-corrected chi connectivity index (χ4v) is 2.69. The van der Waals surface area contributed by atoms with Crippen LogP contribution >= 0.6 is 0 Å². The fourth-order valence-electron chi connectivity index (χ4n) is 2.69. The number of hydrogen-bond acceptors (Lipinski definition) is 5. The Morgan fingerprint density at radius 3 is 3.00 bits per heavy atom. The van der Waals surface area contributed by atoms with E-state index in [1.807, 2.05) is 10.6 Å². The average Bonchev–Trinajstić information content (AvgIpc) is 2.88. The molecule has 0 amide bonds. The summed E-state index contributed by atoms with van der Waals surface area (Å²) < 4.78 is 7.22. The lowest BCUT2D eigenvalue weighted by molar-refractivity contribution is -0.991. The van der Waals surface area contributed by atoms with Gasteiger partial charge in [0.2, 0.25) is 0 Å². The maximum atomic E-state index is 11.1. The molecule has 2 aromatic rings. The number of benzene rings is 1. The summed E-state index contributed by atoms with van der Waals surface area (Å²) in [4.78, 5) is 15.5. The topological polar surface area (TPSA) is 91.9 Å². The van der Waals surface area contributed by atoms with Crippen LogP contribution in [0.15, 0.2) is 12.1 Å². The van der Waals surface area contributed by atoms with Gasteiger partial charge in [-0.3, -0.25) is 4.79 Å². The molecule has 7 heteroatoms. The molecule has 1 aliphatic rings. The number of nitrogens with zero attached hydrogens (tertiary/aromatic N) is 2. The van der Waals surface area contributed by atoms with E-state index >= 15 is 0 Å². The molecule has 0 spiro atoms. The van der Waals surface area contributed by atoms with Crippen molar-refractivity contribution in [2.75, 3.05) is 0 Å². The summed E-state index contributed by atoms with van der Waals surface area (Å²) in [5, 5.41) is 19.3. The van der Waals surface area contributed by atoms with E-state index in [2.05, 4.69) is 4.98 Å². The average molecular weight is 277 g/mol. The Kier molecular flexibility index (Phi) is 2.97. The van der Waals surface area contributed by atoms with E-state index in [4.69, 9.17) is 9.94 Å². The van der Waals surface area contributed by atoms with Crippen molar-refractivity contribution in [2.45, 2.75) is 32.9 Å². The van der Waals surface area contributed by atoms with E-state index in [9.17, 15) is 10.0 Å². The quantitative estimate of drug-likeness (QED) is 0.624. The van der Waals surface area contributed by atoms with Gasteiger partial charge in [-0.2, -0.15) is 5.23 Å². The monoisotopic (exact) mass is 277 g/mol. The normalized spacial score (nSPS) is 19.1. The predicted molar refractivity (Wildman–Crippen MR) is 69.4 cm³/mol. The minimum atomic E-state index is -0.964. The lowest BCUT2D eigenvalue weighted by atomic mass is 10.2. The van der Waals surface area contributed by atoms with Crippen LogP contribution in [0.4, 0.5) is 5.69 Å². The minimum absolute atomic E-state index is 0.248. The molecule has 106 valence electrons. The Morgan fingerprint density at radius 1 is 1.60 bits per heavy atom. The summed E-state index contributed by atoms with van der Waals surface area (Å²) in [6, 6.07) is 3.40. The molecule has 2 heterocycles. The van der Waals surface area contributed by atoms with Gasteiger partial charge in [-0.25, -0.2) is 10.2 Å². The third kappa shape index (κ3) is 1.96. The Bertz CT molecular complexity index is 692. The highest BCUT2D eigenvalue weighted by atomic mass is 16.8. The summed E-state index contributed by atoms with van der Waals surface area (Å²) in [5.74, 6) is 0.357. The van der Waals surface area contributed by atoms with E-state index in [0.717, 1.165) is 12.1 Å². The molecular weight excluding hydrogens is 262 g/mol. The number of fused-ring (bicyclic) bond motifs is 3. The smallest absolute Gasteiger partial charge is 0.303 e. The first-order chi connectivity index (χ1) is 9.47. The molecule has 0 saturated heterocycles. The van der Waals surface area contributed by atoms with Gasteiger partial charge in [-0.05, 0) is 13.0 Å². The lowest BCUT2D eigenvalue weighted by Gasteiger charge is -2.13. The van der Waals surface area contributed by atoms with Crippen LogP contribution in [-0.4, -0.2) is 20.7 Å². The number of aromatic nitrogens is 2. The predicted octanol–water partition coefficient (Wildman–Crippen LogP) is 0.756. The van der Waals surface area contributed by atoms with Crippen molar-refractivity contribution in [3.63, 3.8) is 0 Å². The van der Waals surface area contributed by atoms with Gasteiger partial charge in [0.05, 0.1) is 11.0 Å². The summed E-state index contributed by atoms with van der Waals surface area (Å²) in [6.45, 7) is 3.86. The number of carbonyl (C=O) groups excluding carboxylic acids is 1. The maximum absolute atomic E-state index is 11.1. The molecule has 0 saturated carbocycles. The van der Waals surface area contributed by atoms with Crippen LogP contribution in [0.5, 0.6) is 0 Å². The second kappa shape index (κ2) is 4.55. The largest absolute Gasteiger partial charge is 0.595 e. The van der Waals surface area contributed by atoms with Gasteiger partial charge < -0.3 is 14.5 Å². The standard InChI is InChI=1S/C13H15N3O4/c1-7-5-11-9(6-10(7)16(18)19)14-13-12(20-8(2)17)3-4-15(11)13/h5-6,12,16,18H,3-4H2,1-2H3. The van der Waals surface area contributed by atoms with Crippen LogP contribution in [0.3, 0.4) is 0 Å². The van der Waals surface area contributed by atoms with Crippen molar-refractivity contribution in [2.24, 2.45) is 0 Å². The van der Waals surface area contributed by atoms with Crippen LogP contribution in [0.2, 0.25) is 0 Å². The first kappa shape index (κ1) is 13.0. The van der Waals surface area contributed by atoms with Gasteiger partial charge >= 0.3 is 5.97 Å². The van der Waals surface area contributed by atoms with E-state index in [1.165, 1.54) is 6.92 Å². The van der Waals surface area contributed by atoms with E-state index < -0.39 is 5.23 Å². The number of rotatable bonds is 2. The Morgan fingerprint density at radius 2 is 2.35 bits per heavy atom. The van der Waals surface area contributed by atoms with Crippen LogP contribution in [0, 0.1) is 12.1 Å². The molecule has 0 radical (unpaired) electrons. The third-order valence-electron chi connectivity index (χ3n) is 3.57. The molecule has 2 unspecified atom stereocenters. The number of ether oxygens (including phenoxy) is 1. The first-order valence-corrected chi connectivity index (χ1v) is 6.38. The molecule has 2 atom stereocenters. The lowest BCUT2D eigenvalue weighted by Crippen LogP contribution is -2.99. The van der Waals surface area contributed by atoms with E-state index in [0.29, 0.717) is 23.3 Å². The Balaban J connectivity index is 2.11. The Labute approximate surface area is 114 Å².